The lowest BCUT2D eigenvalue weighted by molar-refractivity contribution is -0.107. The Morgan fingerprint density at radius 2 is 1.81 bits per heavy atom. The molecule has 1 fully saturated rings. The van der Waals surface area contributed by atoms with Crippen LogP contribution in [0.25, 0.3) is 0 Å². The highest BCUT2D eigenvalue weighted by molar-refractivity contribution is 8.01. The first kappa shape index (κ1) is 11.3. The van der Waals surface area contributed by atoms with Gasteiger partial charge in [-0.15, -0.1) is 11.8 Å². The second-order valence-corrected chi connectivity index (χ2v) is 5.20. The molecule has 16 heavy (non-hydrogen) atoms. The first-order chi connectivity index (χ1) is 7.74. The van der Waals surface area contributed by atoms with Crippen LogP contribution < -0.4 is 9.47 Å². The van der Waals surface area contributed by atoms with Gasteiger partial charge in [0.05, 0.1) is 23.9 Å². The summed E-state index contributed by atoms with van der Waals surface area (Å²) < 4.78 is 10.3. The summed E-state index contributed by atoms with van der Waals surface area (Å²) in [5.74, 6) is 1.52. The van der Waals surface area contributed by atoms with E-state index in [2.05, 4.69) is 0 Å². The summed E-state index contributed by atoms with van der Waals surface area (Å²) in [6, 6.07) is 5.64. The quantitative estimate of drug-likeness (QED) is 0.738. The molecule has 1 aliphatic carbocycles. The molecule has 0 heterocycles. The topological polar surface area (TPSA) is 35.5 Å². The Morgan fingerprint density at radius 3 is 2.19 bits per heavy atom. The van der Waals surface area contributed by atoms with Crippen molar-refractivity contribution in [2.75, 3.05) is 14.2 Å². The third kappa shape index (κ3) is 2.02. The highest BCUT2D eigenvalue weighted by Gasteiger charge is 2.45. The predicted octanol–water partition coefficient (Wildman–Crippen LogP) is 2.53. The first-order valence-electron chi connectivity index (χ1n) is 5.11. The maximum Gasteiger partial charge on any atom is 0.136 e. The summed E-state index contributed by atoms with van der Waals surface area (Å²) >= 11 is 1.54. The number of benzene rings is 1. The van der Waals surface area contributed by atoms with Gasteiger partial charge in [-0.1, -0.05) is 6.07 Å². The van der Waals surface area contributed by atoms with E-state index in [0.717, 1.165) is 35.5 Å². The van der Waals surface area contributed by atoms with E-state index in [0.29, 0.717) is 0 Å². The van der Waals surface area contributed by atoms with E-state index in [-0.39, 0.29) is 4.75 Å². The fourth-order valence-electron chi connectivity index (χ4n) is 1.49. The molecule has 2 rings (SSSR count). The lowest BCUT2D eigenvalue weighted by Gasteiger charge is -2.14. The van der Waals surface area contributed by atoms with Crippen molar-refractivity contribution in [2.45, 2.75) is 22.5 Å². The number of thioether (sulfide) groups is 1. The summed E-state index contributed by atoms with van der Waals surface area (Å²) in [5.41, 5.74) is 0. The van der Waals surface area contributed by atoms with Crippen LogP contribution in [0.1, 0.15) is 12.8 Å². The smallest absolute Gasteiger partial charge is 0.136 e. The molecule has 0 N–H and O–H groups in total. The Kier molecular flexibility index (Phi) is 3.10. The number of ether oxygens (including phenoxy) is 2. The van der Waals surface area contributed by atoms with Crippen LogP contribution in [0.3, 0.4) is 0 Å². The van der Waals surface area contributed by atoms with Gasteiger partial charge < -0.3 is 14.3 Å². The van der Waals surface area contributed by atoms with Gasteiger partial charge in [0.15, 0.2) is 0 Å². The molecular formula is C12H14O3S. The van der Waals surface area contributed by atoms with Crippen molar-refractivity contribution in [3.63, 3.8) is 0 Å². The van der Waals surface area contributed by atoms with E-state index in [1.54, 1.807) is 26.0 Å². The number of carbonyl (C=O) groups is 1. The fourth-order valence-corrected chi connectivity index (χ4v) is 2.75. The van der Waals surface area contributed by atoms with Crippen LogP contribution in [0.15, 0.2) is 23.1 Å². The van der Waals surface area contributed by atoms with E-state index in [4.69, 9.17) is 9.47 Å². The van der Waals surface area contributed by atoms with Gasteiger partial charge in [0.2, 0.25) is 0 Å². The molecule has 1 saturated carbocycles. The number of carbonyl (C=O) groups excluding carboxylic acids is 1. The van der Waals surface area contributed by atoms with Crippen molar-refractivity contribution < 1.29 is 14.3 Å². The van der Waals surface area contributed by atoms with Crippen molar-refractivity contribution in [3.05, 3.63) is 18.2 Å². The third-order valence-corrected chi connectivity index (χ3v) is 4.16. The molecule has 4 heteroatoms. The summed E-state index contributed by atoms with van der Waals surface area (Å²) in [7, 11) is 3.25. The average molecular weight is 238 g/mol. The summed E-state index contributed by atoms with van der Waals surface area (Å²) in [6.07, 6.45) is 2.90. The van der Waals surface area contributed by atoms with Crippen molar-refractivity contribution >= 4 is 18.0 Å². The predicted molar refractivity (Wildman–Crippen MR) is 63.4 cm³/mol. The van der Waals surface area contributed by atoms with Crippen molar-refractivity contribution in [2.24, 2.45) is 0 Å². The summed E-state index contributed by atoms with van der Waals surface area (Å²) in [4.78, 5) is 11.9. The van der Waals surface area contributed by atoms with E-state index in [1.165, 1.54) is 0 Å². The molecule has 0 unspecified atom stereocenters. The van der Waals surface area contributed by atoms with Gasteiger partial charge in [-0.3, -0.25) is 0 Å². The maximum atomic E-state index is 11.0. The lowest BCUT2D eigenvalue weighted by atomic mass is 10.3. The summed E-state index contributed by atoms with van der Waals surface area (Å²) in [6.45, 7) is 0. The van der Waals surface area contributed by atoms with Gasteiger partial charge in [0, 0.05) is 0 Å². The van der Waals surface area contributed by atoms with Gasteiger partial charge in [0.25, 0.3) is 0 Å². The molecule has 0 saturated heterocycles. The Bertz CT molecular complexity index is 377. The minimum Gasteiger partial charge on any atom is -0.495 e. The number of methoxy groups -OCH3 is 2. The number of hydrogen-bond donors (Lipinski definition) is 0. The molecule has 0 bridgehead atoms. The minimum absolute atomic E-state index is 0.248. The van der Waals surface area contributed by atoms with Gasteiger partial charge in [0.1, 0.15) is 17.8 Å². The number of aldehydes is 1. The van der Waals surface area contributed by atoms with E-state index < -0.39 is 0 Å². The largest absolute Gasteiger partial charge is 0.495 e. The molecule has 1 aliphatic rings. The Hall–Kier alpha value is -1.16. The van der Waals surface area contributed by atoms with Gasteiger partial charge in [-0.05, 0) is 25.0 Å². The zero-order valence-electron chi connectivity index (χ0n) is 9.36. The highest BCUT2D eigenvalue weighted by Crippen LogP contribution is 2.54. The van der Waals surface area contributed by atoms with Crippen molar-refractivity contribution in [1.29, 1.82) is 0 Å². The molecule has 86 valence electrons. The second kappa shape index (κ2) is 4.37. The van der Waals surface area contributed by atoms with E-state index in [1.807, 2.05) is 18.2 Å². The minimum atomic E-state index is -0.248. The fraction of sp³-hybridized carbons (Fsp3) is 0.417. The third-order valence-electron chi connectivity index (χ3n) is 2.65. The molecular weight excluding hydrogens is 224 g/mol. The zero-order valence-corrected chi connectivity index (χ0v) is 10.2. The van der Waals surface area contributed by atoms with Crippen LogP contribution in [0.5, 0.6) is 11.5 Å². The summed E-state index contributed by atoms with van der Waals surface area (Å²) in [5, 5.41) is 0. The lowest BCUT2D eigenvalue weighted by Crippen LogP contribution is -2.04. The Balaban J connectivity index is 2.33. The van der Waals surface area contributed by atoms with Gasteiger partial charge in [-0.2, -0.15) is 0 Å². The Labute approximate surface area is 99.1 Å². The zero-order chi connectivity index (χ0) is 11.6. The van der Waals surface area contributed by atoms with Crippen LogP contribution in [0.2, 0.25) is 0 Å². The van der Waals surface area contributed by atoms with Crippen molar-refractivity contribution in [3.8, 4) is 11.5 Å². The molecule has 3 nitrogen and oxygen atoms in total. The molecule has 0 spiro atoms. The molecule has 0 aromatic heterocycles. The van der Waals surface area contributed by atoms with Crippen LogP contribution in [0.4, 0.5) is 0 Å². The van der Waals surface area contributed by atoms with Gasteiger partial charge >= 0.3 is 0 Å². The molecule has 0 amide bonds. The number of rotatable bonds is 5. The molecule has 0 atom stereocenters. The second-order valence-electron chi connectivity index (χ2n) is 3.78. The van der Waals surface area contributed by atoms with Crippen LogP contribution >= 0.6 is 11.8 Å². The highest BCUT2D eigenvalue weighted by atomic mass is 32.2. The molecule has 1 aromatic carbocycles. The monoisotopic (exact) mass is 238 g/mol. The molecule has 1 aromatic rings. The van der Waals surface area contributed by atoms with Crippen LogP contribution in [-0.4, -0.2) is 25.3 Å². The molecule has 0 radical (unpaired) electrons. The SMILES string of the molecule is COc1cccc(OC)c1SC1(C=O)CC1. The molecule has 0 aliphatic heterocycles. The van der Waals surface area contributed by atoms with Crippen LogP contribution in [0, 0.1) is 0 Å². The van der Waals surface area contributed by atoms with Crippen molar-refractivity contribution in [1.82, 2.24) is 0 Å². The standard InChI is InChI=1S/C12H14O3S/c1-14-9-4-3-5-10(15-2)11(9)16-12(8-13)6-7-12/h3-5,8H,6-7H2,1-2H3. The van der Waals surface area contributed by atoms with Crippen LogP contribution in [-0.2, 0) is 4.79 Å². The van der Waals surface area contributed by atoms with E-state index in [9.17, 15) is 4.79 Å². The maximum absolute atomic E-state index is 11.0. The first-order valence-corrected chi connectivity index (χ1v) is 5.92. The van der Waals surface area contributed by atoms with E-state index >= 15 is 0 Å². The average Bonchev–Trinajstić information content (AvgIpc) is 3.10. The van der Waals surface area contributed by atoms with Gasteiger partial charge in [-0.25, -0.2) is 0 Å². The Morgan fingerprint density at radius 1 is 1.25 bits per heavy atom. The normalized spacial score (nSPS) is 16.6. The number of hydrogen-bond acceptors (Lipinski definition) is 4.